The summed E-state index contributed by atoms with van der Waals surface area (Å²) in [6, 6.07) is 9.06. The molecule has 55 heteroatoms. The van der Waals surface area contributed by atoms with E-state index >= 15 is 0 Å². The number of piperidine rings is 4. The van der Waals surface area contributed by atoms with Crippen molar-refractivity contribution >= 4 is 69.3 Å². The molecule has 5 atom stereocenters. The number of alkyl halides is 15. The molecule has 0 amide bonds. The lowest BCUT2D eigenvalue weighted by Gasteiger charge is -2.34. The SMILES string of the molecule is COCC1CCCN(c2ccnc(-c3cnc4cnc(C(F)(F)F)cn34)n2)C1.FC(F)(F)c1cn2c(-c3nccc(N4CCC(c5cn[nH]c5)C4)n3)cnc2cn1.FC(F)(F)c1cn2c(-c3nccc(N4CCCC(n5ccnn5)C4)n3)cnc2cn1.FC1=NCC=C1C1CCCN(c2ccnc(-c3cnc4cnc(C(F)(F)F)cn34)n2)C1.FC1=NCC=C1C1CCCN(c2ccnc(-c3cnc4cnc(C(F)(F)F)cn34)n2)C1. The lowest BCUT2D eigenvalue weighted by molar-refractivity contribution is -0.142. The Morgan fingerprint density at radius 3 is 0.973 bits per heavy atom. The molecule has 1 N–H and O–H groups in total. The van der Waals surface area contributed by atoms with Crippen LogP contribution in [0.4, 0.5) is 104 Å². The van der Waals surface area contributed by atoms with Crippen LogP contribution >= 0.6 is 0 Å². The smallest absolute Gasteiger partial charge is 0.384 e. The highest BCUT2D eigenvalue weighted by atomic mass is 19.4. The van der Waals surface area contributed by atoms with E-state index in [0.29, 0.717) is 137 Å². The fourth-order valence-electron chi connectivity index (χ4n) is 18.8. The van der Waals surface area contributed by atoms with Gasteiger partial charge in [0.05, 0.1) is 100 Å². The molecular weight excluding hydrogens is 1990 g/mol. The van der Waals surface area contributed by atoms with E-state index in [1.807, 2.05) is 51.3 Å². The lowest BCUT2D eigenvalue weighted by atomic mass is 9.90. The first-order chi connectivity index (χ1) is 71.7. The van der Waals surface area contributed by atoms with Crippen LogP contribution < -0.4 is 24.5 Å². The van der Waals surface area contributed by atoms with Crippen LogP contribution in [0, 0.1) is 17.8 Å². The third kappa shape index (κ3) is 22.1. The Morgan fingerprint density at radius 1 is 0.342 bits per heavy atom. The molecule has 0 spiro atoms. The van der Waals surface area contributed by atoms with Gasteiger partial charge in [0.2, 0.25) is 11.9 Å². The first kappa shape index (κ1) is 99.8. The van der Waals surface area contributed by atoms with E-state index in [-0.39, 0.29) is 46.5 Å². The number of halogens is 17. The number of aromatic amines is 1. The maximum absolute atomic E-state index is 14.0. The van der Waals surface area contributed by atoms with Gasteiger partial charge in [0, 0.05) is 176 Å². The van der Waals surface area contributed by atoms with Gasteiger partial charge >= 0.3 is 30.9 Å². The minimum Gasteiger partial charge on any atom is -0.384 e. The number of methoxy groups -OCH3 is 1. The van der Waals surface area contributed by atoms with Crippen LogP contribution in [-0.4, -0.2) is 251 Å². The zero-order chi connectivity index (χ0) is 104. The van der Waals surface area contributed by atoms with E-state index in [1.54, 1.807) is 68.6 Å². The minimum absolute atomic E-state index is 0.0228. The van der Waals surface area contributed by atoms with Crippen molar-refractivity contribution in [2.24, 2.45) is 27.7 Å². The highest BCUT2D eigenvalue weighted by Gasteiger charge is 2.41. The molecule has 7 aliphatic rings. The summed E-state index contributed by atoms with van der Waals surface area (Å²) in [5.74, 6) is 4.87. The second-order valence-electron chi connectivity index (χ2n) is 35.6. The van der Waals surface area contributed by atoms with Gasteiger partial charge in [0.15, 0.2) is 85.8 Å². The summed E-state index contributed by atoms with van der Waals surface area (Å²) < 4.78 is 237. The summed E-state index contributed by atoms with van der Waals surface area (Å²) in [6.07, 6.45) is 21.6. The zero-order valence-corrected chi connectivity index (χ0v) is 78.3. The maximum atomic E-state index is 14.0. The highest BCUT2D eigenvalue weighted by molar-refractivity contribution is 5.95. The number of nitrogens with zero attached hydrogens (tertiary/aromatic N) is 36. The van der Waals surface area contributed by atoms with Gasteiger partial charge in [-0.3, -0.25) is 37.1 Å². The summed E-state index contributed by atoms with van der Waals surface area (Å²) in [6.45, 7) is 8.90. The lowest BCUT2D eigenvalue weighted by Crippen LogP contribution is -2.37. The average Bonchev–Trinajstić information content (AvgIpc) is 1.66. The zero-order valence-electron chi connectivity index (χ0n) is 78.3. The van der Waals surface area contributed by atoms with Crippen molar-refractivity contribution in [2.75, 3.05) is 117 Å². The largest absolute Gasteiger partial charge is 0.434 e. The minimum atomic E-state index is -4.57. The number of rotatable bonds is 16. The third-order valence-electron chi connectivity index (χ3n) is 26.0. The van der Waals surface area contributed by atoms with E-state index in [2.05, 4.69) is 145 Å². The monoisotopic (exact) mass is 2070 g/mol. The van der Waals surface area contributed by atoms with Crippen LogP contribution in [0.1, 0.15) is 104 Å². The third-order valence-corrected chi connectivity index (χ3v) is 26.0. The maximum Gasteiger partial charge on any atom is 0.434 e. The topological polar surface area (TPSA) is 389 Å². The first-order valence-corrected chi connectivity index (χ1v) is 46.8. The van der Waals surface area contributed by atoms with E-state index in [9.17, 15) is 74.6 Å². The normalized spacial score (nSPS) is 18.5. The van der Waals surface area contributed by atoms with Crippen molar-refractivity contribution < 1.29 is 79.4 Å². The van der Waals surface area contributed by atoms with Crippen LogP contribution in [0.2, 0.25) is 0 Å². The predicted molar refractivity (Wildman–Crippen MR) is 503 cm³/mol. The van der Waals surface area contributed by atoms with Gasteiger partial charge in [0.1, 0.15) is 57.6 Å². The number of nitrogens with one attached hydrogen (secondary N) is 1. The number of hydrogen-bond donors (Lipinski definition) is 1. The van der Waals surface area contributed by atoms with Crippen molar-refractivity contribution in [3.8, 4) is 57.6 Å². The number of H-pyrrole nitrogens is 1. The van der Waals surface area contributed by atoms with Crippen LogP contribution in [0.25, 0.3) is 85.8 Å². The molecule has 149 heavy (non-hydrogen) atoms. The molecule has 0 saturated carbocycles. The van der Waals surface area contributed by atoms with Crippen molar-refractivity contribution in [1.29, 1.82) is 0 Å². The van der Waals surface area contributed by atoms with Crippen LogP contribution in [0.15, 0.2) is 212 Å². The van der Waals surface area contributed by atoms with Crippen molar-refractivity contribution in [1.82, 2.24) is 147 Å². The van der Waals surface area contributed by atoms with Crippen molar-refractivity contribution in [3.63, 3.8) is 0 Å². The summed E-state index contributed by atoms with van der Waals surface area (Å²) in [4.78, 5) is 100.0. The Bertz CT molecular complexity index is 7590. The molecule has 770 valence electrons. The Kier molecular flexibility index (Phi) is 28.0. The van der Waals surface area contributed by atoms with E-state index in [1.165, 1.54) is 53.0 Å². The number of aliphatic imine (C=N–C) groups is 2. The van der Waals surface area contributed by atoms with E-state index < -0.39 is 71.3 Å². The number of anilines is 5. The van der Waals surface area contributed by atoms with Gasteiger partial charge in [-0.2, -0.15) is 79.7 Å². The molecule has 24 heterocycles. The molecule has 5 fully saturated rings. The van der Waals surface area contributed by atoms with Gasteiger partial charge in [0.25, 0.3) is 0 Å². The number of ether oxygens (including phenoxy) is 1. The van der Waals surface area contributed by atoms with Crippen LogP contribution in [0.3, 0.4) is 0 Å². The number of aromatic nitrogens is 30. The van der Waals surface area contributed by atoms with Crippen LogP contribution in [-0.2, 0) is 35.6 Å². The molecule has 17 aromatic rings. The van der Waals surface area contributed by atoms with Gasteiger partial charge in [-0.05, 0) is 99.6 Å². The summed E-state index contributed by atoms with van der Waals surface area (Å²) in [5, 5.41) is 14.8. The van der Waals surface area contributed by atoms with Crippen molar-refractivity contribution in [2.45, 2.75) is 101 Å². The molecular formula is C94H84F17N37O. The van der Waals surface area contributed by atoms with E-state index in [0.717, 1.165) is 183 Å². The fourth-order valence-corrected chi connectivity index (χ4v) is 18.8. The highest BCUT2D eigenvalue weighted by Crippen LogP contribution is 2.40. The molecule has 5 unspecified atom stereocenters. The van der Waals surface area contributed by atoms with Gasteiger partial charge in [-0.15, -0.1) is 5.10 Å². The molecule has 0 bridgehead atoms. The summed E-state index contributed by atoms with van der Waals surface area (Å²) in [5.41, 5.74) is 0.590. The molecule has 38 nitrogen and oxygen atoms in total. The number of fused-ring (bicyclic) bond motifs is 5. The summed E-state index contributed by atoms with van der Waals surface area (Å²) >= 11 is 0. The molecule has 17 aromatic heterocycles. The van der Waals surface area contributed by atoms with Gasteiger partial charge in [-0.25, -0.2) is 104 Å². The second-order valence-corrected chi connectivity index (χ2v) is 35.6. The van der Waals surface area contributed by atoms with E-state index in [4.69, 9.17) is 4.74 Å². The Balaban J connectivity index is 0.000000113. The Hall–Kier alpha value is -16.6. The Labute approximate surface area is 831 Å². The molecule has 0 radical (unpaired) electrons. The molecule has 24 rings (SSSR count). The molecule has 7 aliphatic heterocycles. The molecule has 0 aliphatic carbocycles. The molecule has 0 aromatic carbocycles. The van der Waals surface area contributed by atoms with Crippen molar-refractivity contribution in [3.05, 3.63) is 236 Å². The predicted octanol–water partition coefficient (Wildman–Crippen LogP) is 16.1. The Morgan fingerprint density at radius 2 is 0.664 bits per heavy atom. The number of imidazole rings is 5. The standard InChI is InChI=1S/2C20H17F4N7.C18H16F3N9.C18H15F3N8.C18H19F3N6O/c2*21-18-13(3-5-25-18)12-2-1-7-30(10-12)16-4-6-26-19(29-16)14-8-28-17-9-27-15(11-31(14)17)20(22,23)24;19-18(20,21)14-11-29-13(8-24-16(29)9-23-14)17-22-4-3-15(26-17)28-6-1-2-12(10-28)30-7-5-25-27-30;19-18(20,21)14-10-29-13(7-24-16(29)8-23-14)17-22-3-1-15(27-17)28-4-2-11(9-28)12-5-25-26-6-12;1-28-11-12-3-2-6-26(9-12)15-4-5-22-17(25-15)13-7-24-16-8-23-14(10-27(13)16)18(19,20)21/h2*3-4,6,8-9,11-12H,1-2,5,7,10H2;3-5,7-9,11-12H,1-2,6,10H2;1,3,5-8,10-11H,2,4,9H2,(H,25,26);4-5,7-8,10,12H,2-3,6,9,11H2,1H3. The summed E-state index contributed by atoms with van der Waals surface area (Å²) in [7, 11) is 1.69. The average molecular weight is 2070 g/mol. The van der Waals surface area contributed by atoms with Gasteiger partial charge in [-0.1, -0.05) is 17.4 Å². The second kappa shape index (κ2) is 41.8. The van der Waals surface area contributed by atoms with Crippen LogP contribution in [0.5, 0.6) is 0 Å². The number of hydrogen-bond acceptors (Lipinski definition) is 31. The van der Waals surface area contributed by atoms with Gasteiger partial charge < -0.3 is 29.2 Å². The molecule has 5 saturated heterocycles. The fraction of sp³-hybridized carbons (Fsp3) is 0.351. The quantitative estimate of drug-likeness (QED) is 0.0878. The first-order valence-electron chi connectivity index (χ1n) is 46.8.